The summed E-state index contributed by atoms with van der Waals surface area (Å²) in [6, 6.07) is 15.9. The van der Waals surface area contributed by atoms with Gasteiger partial charge in [0.25, 0.3) is 0 Å². The minimum atomic E-state index is -0.917. The Morgan fingerprint density at radius 2 is 1.88 bits per heavy atom. The Morgan fingerprint density at radius 1 is 1.16 bits per heavy atom. The van der Waals surface area contributed by atoms with Gasteiger partial charge in [-0.1, -0.05) is 69.3 Å². The van der Waals surface area contributed by atoms with Gasteiger partial charge in [0.1, 0.15) is 11.9 Å². The van der Waals surface area contributed by atoms with E-state index in [1.165, 1.54) is 16.0 Å². The van der Waals surface area contributed by atoms with Crippen molar-refractivity contribution in [2.24, 2.45) is 0 Å². The van der Waals surface area contributed by atoms with Crippen molar-refractivity contribution in [2.45, 2.75) is 45.3 Å². The summed E-state index contributed by atoms with van der Waals surface area (Å²) in [5.41, 5.74) is 3.33. The van der Waals surface area contributed by atoms with Crippen LogP contribution < -0.4 is 4.74 Å². The van der Waals surface area contributed by atoms with Gasteiger partial charge in [-0.15, -0.1) is 0 Å². The van der Waals surface area contributed by atoms with E-state index in [0.29, 0.717) is 13.1 Å². The van der Waals surface area contributed by atoms with E-state index < -0.39 is 6.09 Å². The van der Waals surface area contributed by atoms with E-state index >= 15 is 0 Å². The van der Waals surface area contributed by atoms with Crippen LogP contribution in [0.5, 0.6) is 5.75 Å². The number of nitrogens with zero attached hydrogens (tertiary/aromatic N) is 1. The minimum Gasteiger partial charge on any atom is -0.488 e. The van der Waals surface area contributed by atoms with Crippen molar-refractivity contribution in [1.29, 1.82) is 0 Å². The fourth-order valence-corrected chi connectivity index (χ4v) is 3.29. The smallest absolute Gasteiger partial charge is 0.407 e. The van der Waals surface area contributed by atoms with Crippen LogP contribution >= 0.6 is 0 Å². The van der Waals surface area contributed by atoms with Crippen molar-refractivity contribution < 1.29 is 14.6 Å². The van der Waals surface area contributed by atoms with Crippen molar-refractivity contribution in [3.8, 4) is 5.75 Å². The summed E-state index contributed by atoms with van der Waals surface area (Å²) in [4.78, 5) is 13.1. The highest BCUT2D eigenvalue weighted by Crippen LogP contribution is 2.39. The lowest BCUT2D eigenvalue weighted by Gasteiger charge is -2.25. The number of fused-ring (bicyclic) bond motifs is 1. The van der Waals surface area contributed by atoms with Gasteiger partial charge < -0.3 is 14.7 Å². The summed E-state index contributed by atoms with van der Waals surface area (Å²) >= 11 is 0. The molecule has 3 rings (SSSR count). The summed E-state index contributed by atoms with van der Waals surface area (Å²) in [6.07, 6.45) is -0.310. The minimum absolute atomic E-state index is 0.00322. The van der Waals surface area contributed by atoms with Crippen molar-refractivity contribution >= 4 is 6.09 Å². The number of carboxylic acid groups (broad SMARTS) is 1. The zero-order chi connectivity index (χ0) is 18.0. The van der Waals surface area contributed by atoms with Crippen LogP contribution in [-0.2, 0) is 18.4 Å². The van der Waals surface area contributed by atoms with Crippen molar-refractivity contribution in [1.82, 2.24) is 4.90 Å². The first-order valence-corrected chi connectivity index (χ1v) is 8.65. The predicted molar refractivity (Wildman–Crippen MR) is 98.1 cm³/mol. The third-order valence-electron chi connectivity index (χ3n) is 4.55. The largest absolute Gasteiger partial charge is 0.488 e. The second kappa shape index (κ2) is 6.79. The molecule has 1 unspecified atom stereocenters. The fraction of sp³-hybridized carbons (Fsp3) is 0.381. The quantitative estimate of drug-likeness (QED) is 0.894. The lowest BCUT2D eigenvalue weighted by molar-refractivity contribution is 0.112. The van der Waals surface area contributed by atoms with Gasteiger partial charge in [-0.05, 0) is 22.1 Å². The molecular weight excluding hydrogens is 314 g/mol. The molecule has 0 spiro atoms. The van der Waals surface area contributed by atoms with E-state index in [1.54, 1.807) is 0 Å². The molecule has 0 aliphatic carbocycles. The molecule has 2 aromatic carbocycles. The van der Waals surface area contributed by atoms with Gasteiger partial charge in [0, 0.05) is 13.0 Å². The molecule has 0 aromatic heterocycles. The molecular formula is C21H25NO3. The molecule has 1 amide bonds. The van der Waals surface area contributed by atoms with Crippen LogP contribution in [0.1, 0.15) is 37.5 Å². The Labute approximate surface area is 149 Å². The average Bonchev–Trinajstić information content (AvgIpc) is 2.96. The first kappa shape index (κ1) is 17.3. The molecule has 0 saturated carbocycles. The maximum atomic E-state index is 11.7. The number of rotatable bonds is 4. The van der Waals surface area contributed by atoms with Crippen LogP contribution in [0.25, 0.3) is 0 Å². The van der Waals surface area contributed by atoms with Gasteiger partial charge in [-0.25, -0.2) is 4.79 Å². The van der Waals surface area contributed by atoms with Gasteiger partial charge in [-0.3, -0.25) is 0 Å². The Bertz CT molecular complexity index is 749. The highest BCUT2D eigenvalue weighted by atomic mass is 16.5. The number of amides is 1. The third-order valence-corrected chi connectivity index (χ3v) is 4.55. The zero-order valence-electron chi connectivity index (χ0n) is 15.0. The molecule has 1 heterocycles. The van der Waals surface area contributed by atoms with E-state index in [9.17, 15) is 9.90 Å². The molecule has 0 radical (unpaired) electrons. The molecule has 0 fully saturated rings. The lowest BCUT2D eigenvalue weighted by Crippen LogP contribution is -2.38. The van der Waals surface area contributed by atoms with E-state index in [2.05, 4.69) is 39.0 Å². The summed E-state index contributed by atoms with van der Waals surface area (Å²) < 4.78 is 6.18. The Hall–Kier alpha value is -2.49. The molecule has 1 N–H and O–H groups in total. The number of ether oxygens (including phenoxy) is 1. The highest BCUT2D eigenvalue weighted by Gasteiger charge is 2.31. The molecule has 1 atom stereocenters. The lowest BCUT2D eigenvalue weighted by atomic mass is 9.85. The van der Waals surface area contributed by atoms with Crippen LogP contribution in [0.2, 0.25) is 0 Å². The van der Waals surface area contributed by atoms with E-state index in [4.69, 9.17) is 4.74 Å². The molecule has 1 aliphatic rings. The summed E-state index contributed by atoms with van der Waals surface area (Å²) in [7, 11) is 0. The van der Waals surface area contributed by atoms with Crippen molar-refractivity contribution in [2.75, 3.05) is 6.54 Å². The standard InChI is InChI=1S/C21H25NO3/c1-21(2,3)18-11-7-10-16-12-17(25-19(16)18)14-22(20(23)24)13-15-8-5-4-6-9-15/h4-11,17H,12-14H2,1-3H3,(H,23,24). The number of hydrogen-bond donors (Lipinski definition) is 1. The van der Waals surface area contributed by atoms with Crippen LogP contribution in [0, 0.1) is 0 Å². The molecule has 0 saturated heterocycles. The normalized spacial score (nSPS) is 16.2. The van der Waals surface area contributed by atoms with Crippen molar-refractivity contribution in [3.05, 3.63) is 65.2 Å². The molecule has 1 aliphatic heterocycles. The topological polar surface area (TPSA) is 49.8 Å². The molecule has 2 aromatic rings. The summed E-state index contributed by atoms with van der Waals surface area (Å²) in [5, 5.41) is 9.57. The molecule has 4 heteroatoms. The predicted octanol–water partition coefficient (Wildman–Crippen LogP) is 4.47. The number of benzene rings is 2. The SMILES string of the molecule is CC(C)(C)c1cccc2c1OC(CN(Cc1ccccc1)C(=O)O)C2. The van der Waals surface area contributed by atoms with Crippen LogP contribution in [0.3, 0.4) is 0 Å². The number of carbonyl (C=O) groups is 1. The molecule has 4 nitrogen and oxygen atoms in total. The van der Waals surface area contributed by atoms with Gasteiger partial charge in [-0.2, -0.15) is 0 Å². The average molecular weight is 339 g/mol. The van der Waals surface area contributed by atoms with Gasteiger partial charge in [0.2, 0.25) is 0 Å². The van der Waals surface area contributed by atoms with Crippen LogP contribution in [-0.4, -0.2) is 28.7 Å². The number of hydrogen-bond acceptors (Lipinski definition) is 2. The van der Waals surface area contributed by atoms with E-state index in [0.717, 1.165) is 17.7 Å². The van der Waals surface area contributed by atoms with E-state index in [1.807, 2.05) is 30.3 Å². The van der Waals surface area contributed by atoms with Crippen LogP contribution in [0.4, 0.5) is 4.79 Å². The summed E-state index contributed by atoms with van der Waals surface area (Å²) in [5.74, 6) is 0.935. The first-order chi connectivity index (χ1) is 11.8. The highest BCUT2D eigenvalue weighted by molar-refractivity contribution is 5.65. The third kappa shape index (κ3) is 3.95. The van der Waals surface area contributed by atoms with Gasteiger partial charge >= 0.3 is 6.09 Å². The van der Waals surface area contributed by atoms with Gasteiger partial charge in [0.15, 0.2) is 0 Å². The van der Waals surface area contributed by atoms with E-state index in [-0.39, 0.29) is 11.5 Å². The van der Waals surface area contributed by atoms with Crippen LogP contribution in [0.15, 0.2) is 48.5 Å². The Kier molecular flexibility index (Phi) is 4.71. The number of para-hydroxylation sites is 1. The molecule has 0 bridgehead atoms. The first-order valence-electron chi connectivity index (χ1n) is 8.65. The van der Waals surface area contributed by atoms with Crippen molar-refractivity contribution in [3.63, 3.8) is 0 Å². The Morgan fingerprint density at radius 3 is 2.52 bits per heavy atom. The fourth-order valence-electron chi connectivity index (χ4n) is 3.29. The summed E-state index contributed by atoms with van der Waals surface area (Å²) in [6.45, 7) is 7.23. The molecule has 25 heavy (non-hydrogen) atoms. The monoisotopic (exact) mass is 339 g/mol. The maximum absolute atomic E-state index is 11.7. The zero-order valence-corrected chi connectivity index (χ0v) is 15.0. The Balaban J connectivity index is 1.74. The molecule has 132 valence electrons. The second-order valence-corrected chi connectivity index (χ2v) is 7.64. The van der Waals surface area contributed by atoms with Gasteiger partial charge in [0.05, 0.1) is 6.54 Å². The maximum Gasteiger partial charge on any atom is 0.407 e. The second-order valence-electron chi connectivity index (χ2n) is 7.64.